The first-order chi connectivity index (χ1) is 15.8. The summed E-state index contributed by atoms with van der Waals surface area (Å²) in [5, 5.41) is 32.3. The lowest BCUT2D eigenvalue weighted by atomic mass is 9.55. The fourth-order valence-electron chi connectivity index (χ4n) is 5.52. The summed E-state index contributed by atoms with van der Waals surface area (Å²) < 4.78 is 5.81. The summed E-state index contributed by atoms with van der Waals surface area (Å²) >= 11 is 0. The molecule has 2 fully saturated rings. The molecule has 5 rings (SSSR count). The number of allylic oxidation sites excluding steroid dienone is 2. The zero-order chi connectivity index (χ0) is 23.4. The Morgan fingerprint density at radius 2 is 1.88 bits per heavy atom. The molecule has 0 unspecified atom stereocenters. The molecule has 10 heteroatoms. The predicted octanol–water partition coefficient (Wildman–Crippen LogP) is 2.92. The van der Waals surface area contributed by atoms with E-state index in [0.717, 1.165) is 10.5 Å². The van der Waals surface area contributed by atoms with Gasteiger partial charge in [-0.05, 0) is 43.3 Å². The lowest BCUT2D eigenvalue weighted by molar-refractivity contribution is -0.384. The third-order valence-electron chi connectivity index (χ3n) is 6.94. The molecule has 1 aliphatic carbocycles. The normalized spacial score (nSPS) is 27.0. The maximum atomic E-state index is 13.6. The number of non-ortho nitro benzene ring substituents is 1. The number of carbonyl (C=O) groups excluding carboxylic acids is 2. The highest BCUT2D eigenvalue weighted by Crippen LogP contribution is 2.52. The first-order valence-electron chi connectivity index (χ1n) is 10.7. The highest BCUT2D eigenvalue weighted by Gasteiger charge is 2.57. The van der Waals surface area contributed by atoms with Crippen LogP contribution < -0.4 is 4.90 Å². The lowest BCUT2D eigenvalue weighted by Crippen LogP contribution is -2.44. The van der Waals surface area contributed by atoms with Gasteiger partial charge in [0.05, 0.1) is 28.6 Å². The molecule has 0 saturated carbocycles. The molecule has 2 N–H and O–H groups in total. The number of benzene rings is 2. The van der Waals surface area contributed by atoms with Crippen LogP contribution in [0.2, 0.25) is 0 Å². The SMILES string of the molecule is CC1=C2B(O)O[C@H](c3ccccc3O)C[C@H]2[C@H]2C(=O)N(c3cccc([N+](=O)[O-])c3)C(=O)[C@H]2C1. The van der Waals surface area contributed by atoms with E-state index >= 15 is 0 Å². The number of fused-ring (bicyclic) bond motifs is 3. The Hall–Kier alpha value is -3.50. The van der Waals surface area contributed by atoms with Crippen molar-refractivity contribution in [3.63, 3.8) is 0 Å². The number of nitrogens with zero attached hydrogens (tertiary/aromatic N) is 2. The van der Waals surface area contributed by atoms with Gasteiger partial charge in [0.15, 0.2) is 0 Å². The van der Waals surface area contributed by atoms with Crippen molar-refractivity contribution in [2.45, 2.75) is 25.9 Å². The summed E-state index contributed by atoms with van der Waals surface area (Å²) in [5.74, 6) is -2.62. The van der Waals surface area contributed by atoms with Crippen LogP contribution in [0.5, 0.6) is 5.75 Å². The van der Waals surface area contributed by atoms with E-state index in [1.807, 2.05) is 6.92 Å². The second kappa shape index (κ2) is 7.82. The number of nitro benzene ring substituents is 1. The van der Waals surface area contributed by atoms with Crippen molar-refractivity contribution in [2.75, 3.05) is 4.90 Å². The number of phenolic OH excluding ortho intramolecular Hbond substituents is 1. The molecule has 2 aliphatic heterocycles. The second-order valence-corrected chi connectivity index (χ2v) is 8.74. The van der Waals surface area contributed by atoms with Gasteiger partial charge in [-0.1, -0.05) is 29.8 Å². The van der Waals surface area contributed by atoms with Crippen molar-refractivity contribution in [3.05, 3.63) is 75.3 Å². The van der Waals surface area contributed by atoms with Gasteiger partial charge in [-0.25, -0.2) is 4.90 Å². The Kier molecular flexibility index (Phi) is 5.06. The fourth-order valence-corrected chi connectivity index (χ4v) is 5.52. The largest absolute Gasteiger partial charge is 0.508 e. The fraction of sp³-hybridized carbons (Fsp3) is 0.304. The number of nitro groups is 1. The number of phenols is 1. The van der Waals surface area contributed by atoms with Crippen LogP contribution >= 0.6 is 0 Å². The van der Waals surface area contributed by atoms with Crippen molar-refractivity contribution in [3.8, 4) is 5.75 Å². The highest BCUT2D eigenvalue weighted by molar-refractivity contribution is 6.53. The van der Waals surface area contributed by atoms with E-state index in [4.69, 9.17) is 4.65 Å². The molecule has 4 atom stereocenters. The second-order valence-electron chi connectivity index (χ2n) is 8.74. The number of anilines is 1. The minimum absolute atomic E-state index is 0.0262. The Balaban J connectivity index is 1.53. The first kappa shape index (κ1) is 21.4. The summed E-state index contributed by atoms with van der Waals surface area (Å²) in [7, 11) is -1.26. The summed E-state index contributed by atoms with van der Waals surface area (Å²) in [5.41, 5.74) is 1.86. The van der Waals surface area contributed by atoms with Gasteiger partial charge in [-0.2, -0.15) is 0 Å². The molecule has 9 nitrogen and oxygen atoms in total. The van der Waals surface area contributed by atoms with Crippen LogP contribution in [-0.2, 0) is 14.2 Å². The number of rotatable bonds is 3. The zero-order valence-corrected chi connectivity index (χ0v) is 17.7. The minimum Gasteiger partial charge on any atom is -0.508 e. The standard InChI is InChI=1S/C23H21BN2O7/c1-12-9-17-20(23(29)25(22(17)28)13-5-4-6-14(10-13)26(31)32)16-11-19(33-24(30)21(12)16)15-7-2-3-8-18(15)27/h2-8,10,16-17,19-20,27,30H,9,11H2,1H3/t16-,17-,19-,20+/m0/s1. The van der Waals surface area contributed by atoms with Crippen molar-refractivity contribution in [1.82, 2.24) is 0 Å². The molecule has 2 amide bonds. The van der Waals surface area contributed by atoms with E-state index in [0.29, 0.717) is 23.9 Å². The Bertz CT molecular complexity index is 1210. The van der Waals surface area contributed by atoms with Gasteiger partial charge in [0.2, 0.25) is 11.8 Å². The molecule has 33 heavy (non-hydrogen) atoms. The van der Waals surface area contributed by atoms with Gasteiger partial charge < -0.3 is 14.8 Å². The van der Waals surface area contributed by atoms with Crippen molar-refractivity contribution >= 4 is 30.3 Å². The number of amides is 2. The number of aromatic hydroxyl groups is 1. The molecule has 0 spiro atoms. The number of hydrogen-bond acceptors (Lipinski definition) is 7. The predicted molar refractivity (Wildman–Crippen MR) is 118 cm³/mol. The van der Waals surface area contributed by atoms with Gasteiger partial charge in [0, 0.05) is 17.7 Å². The van der Waals surface area contributed by atoms with Crippen LogP contribution in [0.4, 0.5) is 11.4 Å². The minimum atomic E-state index is -1.26. The van der Waals surface area contributed by atoms with E-state index in [-0.39, 0.29) is 17.1 Å². The van der Waals surface area contributed by atoms with Crippen LogP contribution in [0.3, 0.4) is 0 Å². The van der Waals surface area contributed by atoms with Gasteiger partial charge >= 0.3 is 7.12 Å². The van der Waals surface area contributed by atoms with Gasteiger partial charge in [-0.15, -0.1) is 0 Å². The summed E-state index contributed by atoms with van der Waals surface area (Å²) in [6.45, 7) is 1.82. The van der Waals surface area contributed by atoms with Crippen LogP contribution in [0.1, 0.15) is 31.4 Å². The summed E-state index contributed by atoms with van der Waals surface area (Å²) in [6, 6.07) is 12.1. The zero-order valence-electron chi connectivity index (χ0n) is 17.7. The van der Waals surface area contributed by atoms with E-state index in [1.54, 1.807) is 18.2 Å². The van der Waals surface area contributed by atoms with E-state index in [2.05, 4.69) is 0 Å². The monoisotopic (exact) mass is 448 g/mol. The third-order valence-corrected chi connectivity index (χ3v) is 6.94. The Morgan fingerprint density at radius 1 is 1.12 bits per heavy atom. The Labute approximate surface area is 189 Å². The lowest BCUT2D eigenvalue weighted by Gasteiger charge is -2.41. The van der Waals surface area contributed by atoms with Crippen molar-refractivity contribution in [2.24, 2.45) is 17.8 Å². The molecule has 2 aromatic rings. The average Bonchev–Trinajstić information content (AvgIpc) is 3.03. The number of para-hydroxylation sites is 1. The summed E-state index contributed by atoms with van der Waals surface area (Å²) in [6.07, 6.45) is -0.0467. The van der Waals surface area contributed by atoms with Gasteiger partial charge in [0.25, 0.3) is 5.69 Å². The van der Waals surface area contributed by atoms with Gasteiger partial charge in [0.1, 0.15) is 5.75 Å². The van der Waals surface area contributed by atoms with E-state index in [9.17, 15) is 29.8 Å². The first-order valence-corrected chi connectivity index (χ1v) is 10.7. The summed E-state index contributed by atoms with van der Waals surface area (Å²) in [4.78, 5) is 38.5. The topological polar surface area (TPSA) is 130 Å². The maximum absolute atomic E-state index is 13.6. The van der Waals surface area contributed by atoms with Gasteiger partial charge in [-0.3, -0.25) is 19.7 Å². The third kappa shape index (κ3) is 3.33. The number of carbonyl (C=O) groups is 2. The quantitative estimate of drug-likeness (QED) is 0.320. The van der Waals surface area contributed by atoms with Crippen LogP contribution in [0.15, 0.2) is 59.6 Å². The molecular weight excluding hydrogens is 427 g/mol. The molecule has 168 valence electrons. The molecule has 0 bridgehead atoms. The van der Waals surface area contributed by atoms with Crippen LogP contribution in [0, 0.1) is 27.9 Å². The average molecular weight is 448 g/mol. The van der Waals surface area contributed by atoms with E-state index in [1.165, 1.54) is 30.3 Å². The molecule has 0 radical (unpaired) electrons. The van der Waals surface area contributed by atoms with Crippen LogP contribution in [-0.4, -0.2) is 34.0 Å². The van der Waals surface area contributed by atoms with Crippen molar-refractivity contribution in [1.29, 1.82) is 0 Å². The molecular formula is C23H21BN2O7. The van der Waals surface area contributed by atoms with Crippen molar-refractivity contribution < 1.29 is 29.3 Å². The number of hydrogen-bond donors (Lipinski definition) is 2. The van der Waals surface area contributed by atoms with Crippen LogP contribution in [0.25, 0.3) is 0 Å². The smallest absolute Gasteiger partial charge is 0.487 e. The molecule has 0 aromatic heterocycles. The molecule has 2 aromatic carbocycles. The highest BCUT2D eigenvalue weighted by atomic mass is 16.6. The Morgan fingerprint density at radius 3 is 2.61 bits per heavy atom. The molecule has 3 aliphatic rings. The molecule has 2 heterocycles. The molecule has 2 saturated heterocycles. The maximum Gasteiger partial charge on any atom is 0.487 e. The number of imide groups is 1. The van der Waals surface area contributed by atoms with E-state index < -0.39 is 47.7 Å².